The highest BCUT2D eigenvalue weighted by atomic mass is 16.5. The first kappa shape index (κ1) is 24.4. The van der Waals surface area contributed by atoms with Crippen LogP contribution in [0.15, 0.2) is 35.1 Å². The maximum absolute atomic E-state index is 12.7. The van der Waals surface area contributed by atoms with E-state index in [9.17, 15) is 24.0 Å². The molecule has 32 heavy (non-hydrogen) atoms. The quantitative estimate of drug-likeness (QED) is 0.173. The molecule has 0 aliphatic rings. The number of ether oxygens (including phenoxy) is 2. The lowest BCUT2D eigenvalue weighted by Gasteiger charge is -2.15. The summed E-state index contributed by atoms with van der Waals surface area (Å²) < 4.78 is 9.82. The lowest BCUT2D eigenvalue weighted by molar-refractivity contribution is -0.154. The van der Waals surface area contributed by atoms with E-state index in [1.807, 2.05) is 0 Å². The second-order valence-corrected chi connectivity index (χ2v) is 6.93. The average molecular weight is 446 g/mol. The SMILES string of the molecule is C=C(C)C(=O)OCCCCNC(=O)C(C(=O)Nc1ccc2[nH]c(=O)[nH]c2c1)C(=O)OCC. The number of anilines is 1. The van der Waals surface area contributed by atoms with E-state index in [0.717, 1.165) is 0 Å². The number of fused-ring (bicyclic) bond motifs is 1. The first-order valence-corrected chi connectivity index (χ1v) is 10.0. The molecule has 2 aromatic rings. The van der Waals surface area contributed by atoms with Crippen LogP contribution in [-0.4, -0.2) is 53.5 Å². The Morgan fingerprint density at radius 2 is 1.78 bits per heavy atom. The summed E-state index contributed by atoms with van der Waals surface area (Å²) in [6.45, 7) is 6.91. The van der Waals surface area contributed by atoms with Crippen molar-refractivity contribution in [2.75, 3.05) is 25.1 Å². The summed E-state index contributed by atoms with van der Waals surface area (Å²) in [5, 5.41) is 5.02. The Morgan fingerprint density at radius 1 is 1.06 bits per heavy atom. The lowest BCUT2D eigenvalue weighted by Crippen LogP contribution is -2.44. The van der Waals surface area contributed by atoms with E-state index < -0.39 is 35.4 Å². The summed E-state index contributed by atoms with van der Waals surface area (Å²) in [5.74, 6) is -4.86. The predicted molar refractivity (Wildman–Crippen MR) is 116 cm³/mol. The Labute approximate surface area is 183 Å². The smallest absolute Gasteiger partial charge is 0.333 e. The number of unbranched alkanes of at least 4 members (excludes halogenated alkanes) is 1. The monoisotopic (exact) mass is 446 g/mol. The van der Waals surface area contributed by atoms with Crippen molar-refractivity contribution in [3.05, 3.63) is 40.8 Å². The zero-order chi connectivity index (χ0) is 23.7. The fourth-order valence-electron chi connectivity index (χ4n) is 2.71. The zero-order valence-electron chi connectivity index (χ0n) is 17.9. The van der Waals surface area contributed by atoms with Crippen molar-refractivity contribution in [3.63, 3.8) is 0 Å². The minimum Gasteiger partial charge on any atom is -0.465 e. The Morgan fingerprint density at radius 3 is 2.47 bits per heavy atom. The maximum atomic E-state index is 12.7. The summed E-state index contributed by atoms with van der Waals surface area (Å²) in [5.41, 5.74) is 1.18. The summed E-state index contributed by atoms with van der Waals surface area (Å²) in [6.07, 6.45) is 0.939. The van der Waals surface area contributed by atoms with Crippen molar-refractivity contribution < 1.29 is 28.7 Å². The summed E-state index contributed by atoms with van der Waals surface area (Å²) in [6, 6.07) is 4.59. The number of hydrogen-bond acceptors (Lipinski definition) is 7. The number of imidazole rings is 1. The van der Waals surface area contributed by atoms with Gasteiger partial charge in [0.05, 0.1) is 24.2 Å². The second kappa shape index (κ2) is 11.5. The predicted octanol–water partition coefficient (Wildman–Crippen LogP) is 0.990. The van der Waals surface area contributed by atoms with Crippen LogP contribution in [0.25, 0.3) is 11.0 Å². The van der Waals surface area contributed by atoms with Gasteiger partial charge in [0, 0.05) is 17.8 Å². The minimum absolute atomic E-state index is 0.000523. The van der Waals surface area contributed by atoms with E-state index >= 15 is 0 Å². The van der Waals surface area contributed by atoms with Gasteiger partial charge in [0.1, 0.15) is 0 Å². The van der Waals surface area contributed by atoms with Crippen molar-refractivity contribution >= 4 is 40.5 Å². The Hall–Kier alpha value is -3.89. The number of H-pyrrole nitrogens is 2. The molecule has 1 heterocycles. The molecular formula is C21H26N4O7. The molecule has 0 saturated carbocycles. The van der Waals surface area contributed by atoms with E-state index in [4.69, 9.17) is 9.47 Å². The fourth-order valence-corrected chi connectivity index (χ4v) is 2.71. The van der Waals surface area contributed by atoms with Gasteiger partial charge in [0.15, 0.2) is 0 Å². The molecule has 0 bridgehead atoms. The van der Waals surface area contributed by atoms with Gasteiger partial charge in [-0.2, -0.15) is 0 Å². The van der Waals surface area contributed by atoms with Gasteiger partial charge in [-0.15, -0.1) is 0 Å². The first-order chi connectivity index (χ1) is 15.2. The van der Waals surface area contributed by atoms with Crippen LogP contribution < -0.4 is 16.3 Å². The highest BCUT2D eigenvalue weighted by molar-refractivity contribution is 6.19. The molecule has 0 saturated heterocycles. The number of aromatic amines is 2. The van der Waals surface area contributed by atoms with Crippen LogP contribution in [0.1, 0.15) is 26.7 Å². The van der Waals surface area contributed by atoms with Gasteiger partial charge in [0.25, 0.3) is 0 Å². The molecule has 172 valence electrons. The third-order valence-electron chi connectivity index (χ3n) is 4.28. The topological polar surface area (TPSA) is 159 Å². The second-order valence-electron chi connectivity index (χ2n) is 6.93. The van der Waals surface area contributed by atoms with Crippen LogP contribution >= 0.6 is 0 Å². The molecule has 2 rings (SSSR count). The van der Waals surface area contributed by atoms with Gasteiger partial charge in [-0.1, -0.05) is 6.58 Å². The van der Waals surface area contributed by atoms with Crippen molar-refractivity contribution in [1.29, 1.82) is 0 Å². The third kappa shape index (κ3) is 6.83. The normalized spacial score (nSPS) is 11.4. The van der Waals surface area contributed by atoms with Crippen molar-refractivity contribution in [2.45, 2.75) is 26.7 Å². The van der Waals surface area contributed by atoms with Crippen LogP contribution in [0.4, 0.5) is 5.69 Å². The number of esters is 2. The number of benzene rings is 1. The molecule has 1 aromatic carbocycles. The van der Waals surface area contributed by atoms with E-state index in [-0.39, 0.29) is 19.8 Å². The molecule has 1 atom stereocenters. The van der Waals surface area contributed by atoms with Crippen LogP contribution in [-0.2, 0) is 28.7 Å². The summed E-state index contributed by atoms with van der Waals surface area (Å²) >= 11 is 0. The van der Waals surface area contributed by atoms with Gasteiger partial charge >= 0.3 is 17.6 Å². The average Bonchev–Trinajstić information content (AvgIpc) is 3.09. The summed E-state index contributed by atoms with van der Waals surface area (Å²) in [4.78, 5) is 65.2. The number of hydrogen-bond donors (Lipinski definition) is 4. The number of aromatic nitrogens is 2. The van der Waals surface area contributed by atoms with E-state index in [1.165, 1.54) is 12.1 Å². The van der Waals surface area contributed by atoms with Crippen molar-refractivity contribution in [2.24, 2.45) is 5.92 Å². The Bertz CT molecular complexity index is 1070. The molecule has 0 aliphatic carbocycles. The lowest BCUT2D eigenvalue weighted by atomic mass is 10.1. The van der Waals surface area contributed by atoms with Gasteiger partial charge in [0.2, 0.25) is 17.7 Å². The standard InChI is InChI=1S/C21H26N4O7/c1-4-31-20(29)16(17(26)22-9-5-6-10-32-19(28)12(2)3)18(27)23-13-7-8-14-15(11-13)25-21(30)24-14/h7-8,11,16H,2,4-6,9-10H2,1,3H3,(H,22,26)(H,23,27)(H2,24,25,30). The Balaban J connectivity index is 1.95. The van der Waals surface area contributed by atoms with Crippen LogP contribution in [0.2, 0.25) is 0 Å². The molecule has 4 N–H and O–H groups in total. The number of nitrogens with one attached hydrogen (secondary N) is 4. The third-order valence-corrected chi connectivity index (χ3v) is 4.28. The van der Waals surface area contributed by atoms with E-state index in [0.29, 0.717) is 35.1 Å². The van der Waals surface area contributed by atoms with Crippen LogP contribution in [0, 0.1) is 5.92 Å². The molecule has 0 fully saturated rings. The van der Waals surface area contributed by atoms with Crippen LogP contribution in [0.5, 0.6) is 0 Å². The number of carbonyl (C=O) groups excluding carboxylic acids is 4. The Kier molecular flexibility index (Phi) is 8.75. The van der Waals surface area contributed by atoms with E-state index in [2.05, 4.69) is 27.2 Å². The fraction of sp³-hybridized carbons (Fsp3) is 0.381. The molecule has 1 unspecified atom stereocenters. The molecule has 0 spiro atoms. The molecule has 2 amide bonds. The molecule has 11 heteroatoms. The summed E-state index contributed by atoms with van der Waals surface area (Å²) in [7, 11) is 0. The van der Waals surface area contributed by atoms with Gasteiger partial charge in [-0.05, 0) is 44.9 Å². The molecule has 0 radical (unpaired) electrons. The zero-order valence-corrected chi connectivity index (χ0v) is 17.9. The molecule has 1 aromatic heterocycles. The first-order valence-electron chi connectivity index (χ1n) is 10.0. The largest absolute Gasteiger partial charge is 0.465 e. The number of carbonyl (C=O) groups is 4. The molecule has 11 nitrogen and oxygen atoms in total. The molecule has 0 aliphatic heterocycles. The van der Waals surface area contributed by atoms with Gasteiger partial charge in [-0.25, -0.2) is 9.59 Å². The van der Waals surface area contributed by atoms with Crippen LogP contribution in [0.3, 0.4) is 0 Å². The van der Waals surface area contributed by atoms with Crippen molar-refractivity contribution in [1.82, 2.24) is 15.3 Å². The maximum Gasteiger partial charge on any atom is 0.333 e. The van der Waals surface area contributed by atoms with Crippen molar-refractivity contribution in [3.8, 4) is 0 Å². The minimum atomic E-state index is -1.71. The number of amides is 2. The van der Waals surface area contributed by atoms with Gasteiger partial charge < -0.3 is 30.1 Å². The molecular weight excluding hydrogens is 420 g/mol. The van der Waals surface area contributed by atoms with E-state index in [1.54, 1.807) is 19.9 Å². The highest BCUT2D eigenvalue weighted by Gasteiger charge is 2.35. The van der Waals surface area contributed by atoms with Gasteiger partial charge in [-0.3, -0.25) is 14.4 Å². The number of rotatable bonds is 11. The highest BCUT2D eigenvalue weighted by Crippen LogP contribution is 2.16.